The minimum Gasteiger partial charge on any atom is -0.486 e. The van der Waals surface area contributed by atoms with Gasteiger partial charge in [-0.3, -0.25) is 0 Å². The summed E-state index contributed by atoms with van der Waals surface area (Å²) < 4.78 is 16.3. The first-order valence-corrected chi connectivity index (χ1v) is 6.32. The monoisotopic (exact) mass is 252 g/mol. The minimum absolute atomic E-state index is 0.577. The molecule has 3 N–H and O–H groups in total. The van der Waals surface area contributed by atoms with Crippen LogP contribution in [0.2, 0.25) is 0 Å². The number of hydrogen-bond donors (Lipinski definition) is 2. The molecule has 0 fully saturated rings. The highest BCUT2D eigenvalue weighted by molar-refractivity contribution is 5.72. The number of nitrogen functional groups attached to an aromatic ring is 1. The van der Waals surface area contributed by atoms with E-state index in [9.17, 15) is 0 Å². The molecule has 1 aromatic rings. The highest BCUT2D eigenvalue weighted by Crippen LogP contribution is 2.36. The molecule has 0 amide bonds. The van der Waals surface area contributed by atoms with Crippen molar-refractivity contribution in [1.29, 1.82) is 0 Å². The van der Waals surface area contributed by atoms with Crippen LogP contribution in [-0.4, -0.2) is 33.0 Å². The van der Waals surface area contributed by atoms with Gasteiger partial charge in [-0.1, -0.05) is 0 Å². The van der Waals surface area contributed by atoms with E-state index < -0.39 is 0 Å². The fourth-order valence-corrected chi connectivity index (χ4v) is 1.80. The predicted octanol–water partition coefficient (Wildman–Crippen LogP) is 1.88. The van der Waals surface area contributed by atoms with Crippen molar-refractivity contribution < 1.29 is 14.2 Å². The lowest BCUT2D eigenvalue weighted by Crippen LogP contribution is -2.16. The number of nitrogens with one attached hydrogen (secondary N) is 1. The highest BCUT2D eigenvalue weighted by atomic mass is 16.6. The van der Waals surface area contributed by atoms with Crippen molar-refractivity contribution in [2.75, 3.05) is 44.0 Å². The predicted molar refractivity (Wildman–Crippen MR) is 71.4 cm³/mol. The summed E-state index contributed by atoms with van der Waals surface area (Å²) >= 11 is 0. The van der Waals surface area contributed by atoms with E-state index in [1.165, 1.54) is 0 Å². The van der Waals surface area contributed by atoms with Gasteiger partial charge in [-0.2, -0.15) is 0 Å². The van der Waals surface area contributed by atoms with Crippen LogP contribution in [0.15, 0.2) is 12.1 Å². The fourth-order valence-electron chi connectivity index (χ4n) is 1.80. The molecule has 100 valence electrons. The molecule has 1 heterocycles. The molecule has 1 aliphatic rings. The van der Waals surface area contributed by atoms with E-state index in [1.54, 1.807) is 6.07 Å². The number of benzene rings is 1. The Balaban J connectivity index is 1.91. The Morgan fingerprint density at radius 1 is 1.28 bits per heavy atom. The van der Waals surface area contributed by atoms with Crippen molar-refractivity contribution in [2.45, 2.75) is 13.3 Å². The van der Waals surface area contributed by atoms with Crippen LogP contribution in [0, 0.1) is 0 Å². The zero-order valence-corrected chi connectivity index (χ0v) is 10.7. The molecule has 0 atom stereocenters. The molecular weight excluding hydrogens is 232 g/mol. The first-order chi connectivity index (χ1) is 8.81. The van der Waals surface area contributed by atoms with Crippen molar-refractivity contribution in [3.63, 3.8) is 0 Å². The maximum Gasteiger partial charge on any atom is 0.163 e. The largest absolute Gasteiger partial charge is 0.486 e. The maximum absolute atomic E-state index is 5.96. The Morgan fingerprint density at radius 2 is 2.00 bits per heavy atom. The lowest BCUT2D eigenvalue weighted by atomic mass is 10.2. The van der Waals surface area contributed by atoms with Crippen LogP contribution >= 0.6 is 0 Å². The molecule has 1 aromatic carbocycles. The summed E-state index contributed by atoms with van der Waals surface area (Å²) in [6.07, 6.45) is 0.946. The Hall–Kier alpha value is -1.62. The van der Waals surface area contributed by atoms with E-state index in [4.69, 9.17) is 19.9 Å². The average Bonchev–Trinajstić information content (AvgIpc) is 2.39. The van der Waals surface area contributed by atoms with E-state index in [2.05, 4.69) is 5.32 Å². The van der Waals surface area contributed by atoms with Crippen molar-refractivity contribution >= 4 is 11.4 Å². The summed E-state index contributed by atoms with van der Waals surface area (Å²) in [4.78, 5) is 0. The Kier molecular flexibility index (Phi) is 4.52. The normalized spacial score (nSPS) is 13.4. The summed E-state index contributed by atoms with van der Waals surface area (Å²) in [6, 6.07) is 3.70. The van der Waals surface area contributed by atoms with Crippen LogP contribution in [0.1, 0.15) is 13.3 Å². The highest BCUT2D eigenvalue weighted by Gasteiger charge is 2.14. The molecule has 5 nitrogen and oxygen atoms in total. The summed E-state index contributed by atoms with van der Waals surface area (Å²) in [5.74, 6) is 1.47. The molecule has 18 heavy (non-hydrogen) atoms. The summed E-state index contributed by atoms with van der Waals surface area (Å²) in [5, 5.41) is 3.28. The molecule has 0 radical (unpaired) electrons. The maximum atomic E-state index is 5.96. The third-order valence-electron chi connectivity index (χ3n) is 2.70. The van der Waals surface area contributed by atoms with Crippen LogP contribution in [0.5, 0.6) is 11.5 Å². The fraction of sp³-hybridized carbons (Fsp3) is 0.538. The van der Waals surface area contributed by atoms with E-state index in [-0.39, 0.29) is 0 Å². The Morgan fingerprint density at radius 3 is 2.72 bits per heavy atom. The number of hydrogen-bond acceptors (Lipinski definition) is 5. The van der Waals surface area contributed by atoms with E-state index in [0.717, 1.165) is 43.4 Å². The number of rotatable bonds is 6. The van der Waals surface area contributed by atoms with Crippen LogP contribution in [0.25, 0.3) is 0 Å². The quantitative estimate of drug-likeness (QED) is 0.597. The van der Waals surface area contributed by atoms with Crippen molar-refractivity contribution in [3.8, 4) is 11.5 Å². The molecule has 0 aromatic heterocycles. The Bertz CT molecular complexity index is 396. The van der Waals surface area contributed by atoms with Crippen LogP contribution in [-0.2, 0) is 4.74 Å². The van der Waals surface area contributed by atoms with Crippen molar-refractivity contribution in [3.05, 3.63) is 12.1 Å². The molecule has 5 heteroatoms. The molecule has 0 saturated heterocycles. The van der Waals surface area contributed by atoms with Gasteiger partial charge in [0.1, 0.15) is 13.2 Å². The molecule has 0 spiro atoms. The van der Waals surface area contributed by atoms with Gasteiger partial charge >= 0.3 is 0 Å². The van der Waals surface area contributed by atoms with Gasteiger partial charge in [0.05, 0.1) is 11.4 Å². The third-order valence-corrected chi connectivity index (χ3v) is 2.70. The van der Waals surface area contributed by atoms with Gasteiger partial charge in [0.2, 0.25) is 0 Å². The lowest BCUT2D eigenvalue weighted by molar-refractivity contribution is 0.147. The summed E-state index contributed by atoms with van der Waals surface area (Å²) in [6.45, 7) is 5.49. The first kappa shape index (κ1) is 12.8. The van der Waals surface area contributed by atoms with Gasteiger partial charge in [0.25, 0.3) is 0 Å². The molecule has 0 unspecified atom stereocenters. The van der Waals surface area contributed by atoms with Gasteiger partial charge < -0.3 is 25.3 Å². The van der Waals surface area contributed by atoms with Gasteiger partial charge in [0.15, 0.2) is 11.5 Å². The smallest absolute Gasteiger partial charge is 0.163 e. The molecule has 2 rings (SSSR count). The van der Waals surface area contributed by atoms with Crippen molar-refractivity contribution in [1.82, 2.24) is 0 Å². The minimum atomic E-state index is 0.577. The van der Waals surface area contributed by atoms with E-state index in [0.29, 0.717) is 18.9 Å². The molecular formula is C13H20N2O3. The third kappa shape index (κ3) is 3.20. The van der Waals surface area contributed by atoms with Crippen LogP contribution < -0.4 is 20.5 Å². The number of fused-ring (bicyclic) bond motifs is 1. The lowest BCUT2D eigenvalue weighted by Gasteiger charge is -2.20. The van der Waals surface area contributed by atoms with Crippen molar-refractivity contribution in [2.24, 2.45) is 0 Å². The summed E-state index contributed by atoms with van der Waals surface area (Å²) in [7, 11) is 0. The van der Waals surface area contributed by atoms with E-state index in [1.807, 2.05) is 13.0 Å². The second-order valence-corrected chi connectivity index (χ2v) is 4.06. The van der Waals surface area contributed by atoms with E-state index >= 15 is 0 Å². The first-order valence-electron chi connectivity index (χ1n) is 6.32. The van der Waals surface area contributed by atoms with Gasteiger partial charge in [-0.05, 0) is 13.3 Å². The van der Waals surface area contributed by atoms with Gasteiger partial charge in [-0.15, -0.1) is 0 Å². The number of nitrogens with two attached hydrogens (primary N) is 1. The zero-order chi connectivity index (χ0) is 12.8. The van der Waals surface area contributed by atoms with Crippen LogP contribution in [0.4, 0.5) is 11.4 Å². The molecule has 0 bridgehead atoms. The number of ether oxygens (including phenoxy) is 3. The van der Waals surface area contributed by atoms with Gasteiger partial charge in [-0.25, -0.2) is 0 Å². The topological polar surface area (TPSA) is 65.7 Å². The number of anilines is 2. The molecule has 1 aliphatic heterocycles. The standard InChI is InChI=1S/C13H20N2O3/c1-2-16-5-3-4-15-11-9-13-12(8-10(11)14)17-6-7-18-13/h8-9,15H,2-7,14H2,1H3. The zero-order valence-electron chi connectivity index (χ0n) is 10.7. The molecule has 0 saturated carbocycles. The average molecular weight is 252 g/mol. The SMILES string of the molecule is CCOCCCNc1cc2c(cc1N)OCCO2. The molecule has 0 aliphatic carbocycles. The second-order valence-electron chi connectivity index (χ2n) is 4.06. The van der Waals surface area contributed by atoms with Gasteiger partial charge in [0, 0.05) is 31.9 Å². The van der Waals surface area contributed by atoms with Crippen LogP contribution in [0.3, 0.4) is 0 Å². The second kappa shape index (κ2) is 6.35. The summed E-state index contributed by atoms with van der Waals surface area (Å²) in [5.41, 5.74) is 7.52. The Labute approximate surface area is 107 Å².